The molecule has 0 fully saturated rings. The van der Waals surface area contributed by atoms with Crippen molar-refractivity contribution in [2.45, 2.75) is 6.92 Å². The lowest BCUT2D eigenvalue weighted by atomic mass is 10.2. The van der Waals surface area contributed by atoms with Crippen LogP contribution in [-0.4, -0.2) is 30.5 Å². The molecule has 0 saturated carbocycles. The molecule has 8 nitrogen and oxygen atoms in total. The van der Waals surface area contributed by atoms with Gasteiger partial charge in [0.2, 0.25) is 0 Å². The second-order valence-corrected chi connectivity index (χ2v) is 5.34. The molecule has 0 aliphatic carbocycles. The summed E-state index contributed by atoms with van der Waals surface area (Å²) in [4.78, 5) is 34.1. The van der Waals surface area contributed by atoms with E-state index in [1.54, 1.807) is 36.4 Å². The highest BCUT2D eigenvalue weighted by molar-refractivity contribution is 6.39. The molecule has 0 saturated heterocycles. The van der Waals surface area contributed by atoms with Crippen LogP contribution in [0.3, 0.4) is 0 Å². The van der Waals surface area contributed by atoms with E-state index in [1.165, 1.54) is 6.21 Å². The topological polar surface area (TPSA) is 123 Å². The lowest BCUT2D eigenvalue weighted by Gasteiger charge is -2.04. The van der Waals surface area contributed by atoms with Crippen LogP contribution in [0.4, 0.5) is 5.69 Å². The van der Waals surface area contributed by atoms with Crippen LogP contribution in [0.5, 0.6) is 5.75 Å². The summed E-state index contributed by atoms with van der Waals surface area (Å²) in [6.45, 7) is 1.71. The molecule has 4 N–H and O–H groups in total. The fraction of sp³-hybridized carbons (Fsp3) is 0.111. The van der Waals surface area contributed by atoms with E-state index >= 15 is 0 Å². The first-order valence-corrected chi connectivity index (χ1v) is 7.66. The van der Waals surface area contributed by atoms with Crippen molar-refractivity contribution < 1.29 is 19.1 Å². The molecule has 0 aliphatic rings. The maximum Gasteiger partial charge on any atom is 0.329 e. The predicted molar refractivity (Wildman–Crippen MR) is 96.7 cm³/mol. The van der Waals surface area contributed by atoms with E-state index in [0.717, 1.165) is 5.56 Å². The molecule has 0 unspecified atom stereocenters. The van der Waals surface area contributed by atoms with E-state index in [1.807, 2.05) is 19.1 Å². The van der Waals surface area contributed by atoms with Gasteiger partial charge in [-0.25, -0.2) is 5.43 Å². The van der Waals surface area contributed by atoms with Crippen molar-refractivity contribution in [3.63, 3.8) is 0 Å². The average molecular weight is 354 g/mol. The molecular weight excluding hydrogens is 336 g/mol. The second kappa shape index (κ2) is 8.97. The summed E-state index contributed by atoms with van der Waals surface area (Å²) >= 11 is 0. The monoisotopic (exact) mass is 354 g/mol. The first kappa shape index (κ1) is 18.7. The molecule has 0 aromatic heterocycles. The zero-order chi connectivity index (χ0) is 18.9. The Kier molecular flexibility index (Phi) is 6.44. The van der Waals surface area contributed by atoms with Crippen LogP contribution in [-0.2, 0) is 14.4 Å². The summed E-state index contributed by atoms with van der Waals surface area (Å²) < 4.78 is 5.12. The first-order chi connectivity index (χ1) is 12.4. The number of nitrogens with one attached hydrogen (secondary N) is 2. The van der Waals surface area contributed by atoms with Gasteiger partial charge in [-0.3, -0.25) is 14.4 Å². The zero-order valence-corrected chi connectivity index (χ0v) is 14.1. The standard InChI is InChI=1S/C18H18N4O4/c1-12-2-6-14(7-3-12)21-17(24)18(25)22-20-10-13-4-8-15(9-5-13)26-11-16(19)23/h2-10H,11H2,1H3,(H2,19,23)(H,21,24)(H,22,25)/b20-10+. The molecule has 2 aromatic carbocycles. The molecule has 2 aromatic rings. The van der Waals surface area contributed by atoms with Gasteiger partial charge in [-0.05, 0) is 48.9 Å². The van der Waals surface area contributed by atoms with Crippen molar-refractivity contribution in [1.29, 1.82) is 0 Å². The third-order valence-electron chi connectivity index (χ3n) is 3.16. The average Bonchev–Trinajstić information content (AvgIpc) is 2.62. The Morgan fingerprint density at radius 3 is 2.31 bits per heavy atom. The molecule has 8 heteroatoms. The number of carbonyl (C=O) groups is 3. The molecule has 0 spiro atoms. The van der Waals surface area contributed by atoms with Crippen molar-refractivity contribution in [1.82, 2.24) is 5.43 Å². The fourth-order valence-corrected chi connectivity index (χ4v) is 1.85. The van der Waals surface area contributed by atoms with E-state index < -0.39 is 17.7 Å². The van der Waals surface area contributed by atoms with Gasteiger partial charge in [0.25, 0.3) is 5.91 Å². The zero-order valence-electron chi connectivity index (χ0n) is 14.1. The minimum absolute atomic E-state index is 0.209. The molecular formula is C18H18N4O4. The fourth-order valence-electron chi connectivity index (χ4n) is 1.85. The van der Waals surface area contributed by atoms with Crippen LogP contribution >= 0.6 is 0 Å². The summed E-state index contributed by atoms with van der Waals surface area (Å²) in [7, 11) is 0. The Morgan fingerprint density at radius 2 is 1.69 bits per heavy atom. The van der Waals surface area contributed by atoms with Crippen molar-refractivity contribution >= 4 is 29.6 Å². The third kappa shape index (κ3) is 6.08. The van der Waals surface area contributed by atoms with Crippen LogP contribution in [0, 0.1) is 6.92 Å². The Bertz CT molecular complexity index is 814. The lowest BCUT2D eigenvalue weighted by Crippen LogP contribution is -2.32. The number of nitrogens with zero attached hydrogens (tertiary/aromatic N) is 1. The summed E-state index contributed by atoms with van der Waals surface area (Å²) in [5.41, 5.74) is 9.36. The molecule has 3 amide bonds. The van der Waals surface area contributed by atoms with E-state index in [9.17, 15) is 14.4 Å². The van der Waals surface area contributed by atoms with Crippen LogP contribution in [0.1, 0.15) is 11.1 Å². The van der Waals surface area contributed by atoms with E-state index in [4.69, 9.17) is 10.5 Å². The Labute approximate surface area is 150 Å². The van der Waals surface area contributed by atoms with Gasteiger partial charge in [0.05, 0.1) is 6.21 Å². The highest BCUT2D eigenvalue weighted by atomic mass is 16.5. The summed E-state index contributed by atoms with van der Waals surface area (Å²) in [5, 5.41) is 6.19. The lowest BCUT2D eigenvalue weighted by molar-refractivity contribution is -0.136. The molecule has 0 aliphatic heterocycles. The quantitative estimate of drug-likeness (QED) is 0.406. The van der Waals surface area contributed by atoms with Gasteiger partial charge in [0, 0.05) is 5.69 Å². The van der Waals surface area contributed by atoms with Crippen LogP contribution in [0.25, 0.3) is 0 Å². The first-order valence-electron chi connectivity index (χ1n) is 7.66. The number of ether oxygens (including phenoxy) is 1. The number of carbonyl (C=O) groups excluding carboxylic acids is 3. The molecule has 2 rings (SSSR count). The Hall–Kier alpha value is -3.68. The molecule has 0 bridgehead atoms. The number of anilines is 1. The van der Waals surface area contributed by atoms with Gasteiger partial charge in [-0.2, -0.15) is 5.10 Å². The second-order valence-electron chi connectivity index (χ2n) is 5.34. The highest BCUT2D eigenvalue weighted by Crippen LogP contribution is 2.11. The number of nitrogens with two attached hydrogens (primary N) is 1. The van der Waals surface area contributed by atoms with Gasteiger partial charge < -0.3 is 15.8 Å². The maximum atomic E-state index is 11.8. The number of rotatable bonds is 6. The number of aryl methyl sites for hydroxylation is 1. The maximum absolute atomic E-state index is 11.8. The number of benzene rings is 2. The normalized spacial score (nSPS) is 10.3. The van der Waals surface area contributed by atoms with Gasteiger partial charge in [0.15, 0.2) is 6.61 Å². The van der Waals surface area contributed by atoms with E-state index in [-0.39, 0.29) is 6.61 Å². The van der Waals surface area contributed by atoms with Crippen LogP contribution in [0.15, 0.2) is 53.6 Å². The highest BCUT2D eigenvalue weighted by Gasteiger charge is 2.12. The van der Waals surface area contributed by atoms with Crippen molar-refractivity contribution in [3.8, 4) is 5.75 Å². The number of primary amides is 1. The molecule has 0 radical (unpaired) electrons. The SMILES string of the molecule is Cc1ccc(NC(=O)C(=O)N/N=C/c2ccc(OCC(N)=O)cc2)cc1. The Balaban J connectivity index is 1.83. The Morgan fingerprint density at radius 1 is 1.04 bits per heavy atom. The molecule has 0 heterocycles. The van der Waals surface area contributed by atoms with Gasteiger partial charge in [-0.1, -0.05) is 17.7 Å². The largest absolute Gasteiger partial charge is 0.484 e. The van der Waals surface area contributed by atoms with E-state index in [2.05, 4.69) is 15.8 Å². The van der Waals surface area contributed by atoms with Gasteiger partial charge in [-0.15, -0.1) is 0 Å². The number of hydrazone groups is 1. The summed E-state index contributed by atoms with van der Waals surface area (Å²) in [5.74, 6) is -1.80. The van der Waals surface area contributed by atoms with Gasteiger partial charge in [0.1, 0.15) is 5.75 Å². The summed E-state index contributed by atoms with van der Waals surface area (Å²) in [6, 6.07) is 13.6. The number of amides is 3. The van der Waals surface area contributed by atoms with Gasteiger partial charge >= 0.3 is 11.8 Å². The number of hydrogen-bond acceptors (Lipinski definition) is 5. The molecule has 134 valence electrons. The smallest absolute Gasteiger partial charge is 0.329 e. The minimum Gasteiger partial charge on any atom is -0.484 e. The third-order valence-corrected chi connectivity index (χ3v) is 3.16. The van der Waals surface area contributed by atoms with Crippen molar-refractivity contribution in [2.75, 3.05) is 11.9 Å². The van der Waals surface area contributed by atoms with Crippen molar-refractivity contribution in [3.05, 3.63) is 59.7 Å². The van der Waals surface area contributed by atoms with E-state index in [0.29, 0.717) is 17.0 Å². The van der Waals surface area contributed by atoms with Crippen LogP contribution in [0.2, 0.25) is 0 Å². The predicted octanol–water partition coefficient (Wildman–Crippen LogP) is 0.948. The van der Waals surface area contributed by atoms with Crippen molar-refractivity contribution in [2.24, 2.45) is 10.8 Å². The minimum atomic E-state index is -0.886. The van der Waals surface area contributed by atoms with Crippen LogP contribution < -0.4 is 21.2 Å². The molecule has 0 atom stereocenters. The molecule has 26 heavy (non-hydrogen) atoms. The summed E-state index contributed by atoms with van der Waals surface area (Å²) in [6.07, 6.45) is 1.37. The number of hydrogen-bond donors (Lipinski definition) is 3.